The van der Waals surface area contributed by atoms with Crippen molar-refractivity contribution in [3.8, 4) is 5.75 Å². The maximum Gasteiger partial charge on any atom is 0.311 e. The second-order valence-corrected chi connectivity index (χ2v) is 7.49. The fourth-order valence-electron chi connectivity index (χ4n) is 3.83. The van der Waals surface area contributed by atoms with Crippen LogP contribution in [0.15, 0.2) is 30.4 Å². The van der Waals surface area contributed by atoms with Crippen molar-refractivity contribution >= 4 is 23.2 Å². The number of aliphatic carboxylic acids is 1. The van der Waals surface area contributed by atoms with Crippen LogP contribution in [0.3, 0.4) is 0 Å². The molecule has 0 radical (unpaired) electrons. The Kier molecular flexibility index (Phi) is 8.70. The quantitative estimate of drug-likeness (QED) is 0.176. The highest BCUT2D eigenvalue weighted by atomic mass is 16.6. The maximum absolute atomic E-state index is 12.5. The van der Waals surface area contributed by atoms with Crippen LogP contribution in [-0.2, 0) is 9.59 Å². The molecule has 2 rings (SSSR count). The van der Waals surface area contributed by atoms with Crippen molar-refractivity contribution in [2.75, 3.05) is 7.11 Å². The molecule has 0 aromatic heterocycles. The molecule has 1 aromatic carbocycles. The Hall–Kier alpha value is -3.03. The number of carboxylic acid groups (broad SMARTS) is 1. The molecule has 2 unspecified atom stereocenters. The average Bonchev–Trinajstić information content (AvgIpc) is 3.07. The number of hydrogen-bond acceptors (Lipinski definition) is 6. The van der Waals surface area contributed by atoms with Crippen LogP contribution in [-0.4, -0.2) is 34.7 Å². The van der Waals surface area contributed by atoms with Gasteiger partial charge in [-0.1, -0.05) is 25.3 Å². The molecule has 8 heteroatoms. The number of Topliss-reactive ketones (excluding diaryl/α,β-unsaturated/α-hetero) is 1. The molecule has 2 atom stereocenters. The second kappa shape index (κ2) is 11.2. The predicted octanol–water partition coefficient (Wildman–Crippen LogP) is 4.36. The smallest absolute Gasteiger partial charge is 0.311 e. The topological polar surface area (TPSA) is 124 Å². The molecule has 1 aliphatic carbocycles. The normalized spacial score (nSPS) is 18.6. The number of allylic oxidation sites excluding steroid dienone is 2. The van der Waals surface area contributed by atoms with Crippen LogP contribution in [0.25, 0.3) is 0 Å². The molecule has 0 spiro atoms. The first-order valence-corrected chi connectivity index (χ1v) is 10.1. The zero-order chi connectivity index (χ0) is 22.1. The summed E-state index contributed by atoms with van der Waals surface area (Å²) in [4.78, 5) is 45.7. The van der Waals surface area contributed by atoms with Gasteiger partial charge in [0.2, 0.25) is 0 Å². The fourth-order valence-corrected chi connectivity index (χ4v) is 3.83. The van der Waals surface area contributed by atoms with Gasteiger partial charge in [0.15, 0.2) is 11.5 Å². The van der Waals surface area contributed by atoms with E-state index in [4.69, 9.17) is 9.84 Å². The van der Waals surface area contributed by atoms with Crippen LogP contribution < -0.4 is 4.74 Å². The molecular formula is C22H27NO7. The van der Waals surface area contributed by atoms with Crippen LogP contribution in [0.5, 0.6) is 5.75 Å². The Morgan fingerprint density at radius 3 is 2.67 bits per heavy atom. The Bertz CT molecular complexity index is 831. The van der Waals surface area contributed by atoms with Gasteiger partial charge < -0.3 is 9.84 Å². The van der Waals surface area contributed by atoms with Gasteiger partial charge in [0.05, 0.1) is 12.0 Å². The summed E-state index contributed by atoms with van der Waals surface area (Å²) in [5.74, 6) is -1.01. The molecule has 30 heavy (non-hydrogen) atoms. The van der Waals surface area contributed by atoms with Crippen LogP contribution in [0, 0.1) is 22.0 Å². The molecule has 0 heterocycles. The monoisotopic (exact) mass is 417 g/mol. The van der Waals surface area contributed by atoms with Crippen molar-refractivity contribution in [3.63, 3.8) is 0 Å². The third-order valence-corrected chi connectivity index (χ3v) is 5.47. The molecule has 8 nitrogen and oxygen atoms in total. The number of rotatable bonds is 12. The van der Waals surface area contributed by atoms with Gasteiger partial charge in [0.1, 0.15) is 5.78 Å². The molecular weight excluding hydrogens is 390 g/mol. The molecule has 1 N–H and O–H groups in total. The van der Waals surface area contributed by atoms with E-state index in [1.807, 2.05) is 0 Å². The zero-order valence-electron chi connectivity index (χ0n) is 17.0. The number of nitro groups is 1. The standard InChI is InChI=1S/C22H27NO7/c1-30-21-13-10-16(14-18(21)23(28)29)19(24)11-8-15-9-12-20(25)17(15)6-4-2-3-5-7-22(26)27/h8,10-11,13-15,17H,2-7,9,12H2,1H3,(H,26,27). The molecule has 0 aliphatic heterocycles. The van der Waals surface area contributed by atoms with Crippen molar-refractivity contribution in [1.82, 2.24) is 0 Å². The second-order valence-electron chi connectivity index (χ2n) is 7.49. The van der Waals surface area contributed by atoms with Crippen molar-refractivity contribution in [2.45, 2.75) is 51.4 Å². The molecule has 1 saturated carbocycles. The van der Waals surface area contributed by atoms with Gasteiger partial charge in [-0.25, -0.2) is 0 Å². The van der Waals surface area contributed by atoms with Gasteiger partial charge >= 0.3 is 11.7 Å². The Morgan fingerprint density at radius 1 is 1.27 bits per heavy atom. The highest BCUT2D eigenvalue weighted by Crippen LogP contribution is 2.34. The maximum atomic E-state index is 12.5. The molecule has 1 aromatic rings. The number of ketones is 2. The molecule has 0 bridgehead atoms. The minimum absolute atomic E-state index is 0.0197. The minimum atomic E-state index is -0.793. The third-order valence-electron chi connectivity index (χ3n) is 5.47. The Labute approximate surface area is 175 Å². The van der Waals surface area contributed by atoms with Crippen LogP contribution in [0.4, 0.5) is 5.69 Å². The highest BCUT2D eigenvalue weighted by molar-refractivity contribution is 6.05. The van der Waals surface area contributed by atoms with Crippen LogP contribution in [0.1, 0.15) is 61.7 Å². The van der Waals surface area contributed by atoms with E-state index < -0.39 is 10.9 Å². The summed E-state index contributed by atoms with van der Waals surface area (Å²) >= 11 is 0. The summed E-state index contributed by atoms with van der Waals surface area (Å²) in [6.07, 6.45) is 8.40. The summed E-state index contributed by atoms with van der Waals surface area (Å²) in [5.41, 5.74) is -0.0772. The first-order chi connectivity index (χ1) is 14.3. The largest absolute Gasteiger partial charge is 0.490 e. The first kappa shape index (κ1) is 23.3. The Morgan fingerprint density at radius 2 is 2.00 bits per heavy atom. The van der Waals surface area contributed by atoms with Crippen LogP contribution >= 0.6 is 0 Å². The number of benzene rings is 1. The van der Waals surface area contributed by atoms with Crippen molar-refractivity contribution in [3.05, 3.63) is 46.0 Å². The minimum Gasteiger partial charge on any atom is -0.490 e. The summed E-state index contributed by atoms with van der Waals surface area (Å²) in [7, 11) is 1.33. The number of nitro benzene ring substituents is 1. The lowest BCUT2D eigenvalue weighted by Gasteiger charge is -2.14. The van der Waals surface area contributed by atoms with Gasteiger partial charge in [-0.2, -0.15) is 0 Å². The van der Waals surface area contributed by atoms with Gasteiger partial charge in [0.25, 0.3) is 0 Å². The van der Waals surface area contributed by atoms with Gasteiger partial charge in [-0.05, 0) is 43.4 Å². The van der Waals surface area contributed by atoms with E-state index in [1.54, 1.807) is 6.08 Å². The lowest BCUT2D eigenvalue weighted by molar-refractivity contribution is -0.385. The molecule has 0 amide bonds. The SMILES string of the molecule is COc1ccc(C(=O)C=CC2CCC(=O)C2CCCCCCC(=O)O)cc1[N+](=O)[O-]. The number of carboxylic acids is 1. The van der Waals surface area contributed by atoms with Crippen LogP contribution in [0.2, 0.25) is 0 Å². The van der Waals surface area contributed by atoms with E-state index in [0.29, 0.717) is 19.3 Å². The molecule has 0 saturated heterocycles. The number of hydrogen-bond donors (Lipinski definition) is 1. The van der Waals surface area contributed by atoms with E-state index in [-0.39, 0.29) is 46.8 Å². The summed E-state index contributed by atoms with van der Waals surface area (Å²) in [6.45, 7) is 0. The number of ether oxygens (including phenoxy) is 1. The molecule has 1 aliphatic rings. The number of methoxy groups -OCH3 is 1. The van der Waals surface area contributed by atoms with E-state index in [9.17, 15) is 24.5 Å². The number of carbonyl (C=O) groups is 3. The third kappa shape index (κ3) is 6.50. The summed E-state index contributed by atoms with van der Waals surface area (Å²) in [6, 6.07) is 4.07. The van der Waals surface area contributed by atoms with Crippen molar-refractivity contribution in [1.29, 1.82) is 0 Å². The van der Waals surface area contributed by atoms with Crippen molar-refractivity contribution < 1.29 is 29.2 Å². The lowest BCUT2D eigenvalue weighted by atomic mass is 9.89. The lowest BCUT2D eigenvalue weighted by Crippen LogP contribution is -2.13. The van der Waals surface area contributed by atoms with Gasteiger partial charge in [0, 0.05) is 30.4 Å². The number of nitrogens with zero attached hydrogens (tertiary/aromatic N) is 1. The Balaban J connectivity index is 1.94. The first-order valence-electron chi connectivity index (χ1n) is 10.1. The van der Waals surface area contributed by atoms with Crippen molar-refractivity contribution in [2.24, 2.45) is 11.8 Å². The molecule has 1 fully saturated rings. The van der Waals surface area contributed by atoms with Gasteiger partial charge in [-0.15, -0.1) is 0 Å². The summed E-state index contributed by atoms with van der Waals surface area (Å²) < 4.78 is 4.94. The van der Waals surface area contributed by atoms with Gasteiger partial charge in [-0.3, -0.25) is 24.5 Å². The van der Waals surface area contributed by atoms with E-state index in [1.165, 1.54) is 31.4 Å². The summed E-state index contributed by atoms with van der Waals surface area (Å²) in [5, 5.41) is 19.8. The number of carbonyl (C=O) groups excluding carboxylic acids is 2. The van der Waals surface area contributed by atoms with E-state index in [2.05, 4.69) is 0 Å². The number of unbranched alkanes of at least 4 members (excludes halogenated alkanes) is 3. The fraction of sp³-hybridized carbons (Fsp3) is 0.500. The zero-order valence-corrected chi connectivity index (χ0v) is 17.0. The molecule has 162 valence electrons. The predicted molar refractivity (Wildman–Crippen MR) is 110 cm³/mol. The average molecular weight is 417 g/mol. The van der Waals surface area contributed by atoms with E-state index in [0.717, 1.165) is 25.7 Å². The highest BCUT2D eigenvalue weighted by Gasteiger charge is 2.32. The van der Waals surface area contributed by atoms with E-state index >= 15 is 0 Å².